The summed E-state index contributed by atoms with van der Waals surface area (Å²) >= 11 is 6.56. The lowest BCUT2D eigenvalue weighted by atomic mass is 9.98. The highest BCUT2D eigenvalue weighted by atomic mass is 35.5. The van der Waals surface area contributed by atoms with Gasteiger partial charge < -0.3 is 29.6 Å². The van der Waals surface area contributed by atoms with E-state index >= 15 is 0 Å². The van der Waals surface area contributed by atoms with Gasteiger partial charge in [0.2, 0.25) is 0 Å². The highest BCUT2D eigenvalue weighted by Gasteiger charge is 2.26. The van der Waals surface area contributed by atoms with Crippen molar-refractivity contribution in [2.45, 2.75) is 52.6 Å². The van der Waals surface area contributed by atoms with Gasteiger partial charge in [-0.2, -0.15) is 0 Å². The number of likely N-dealkylation sites (tertiary alicyclic amines) is 1. The third-order valence-corrected chi connectivity index (χ3v) is 8.17. The van der Waals surface area contributed by atoms with E-state index in [4.69, 9.17) is 21.1 Å². The van der Waals surface area contributed by atoms with Crippen LogP contribution in [-0.4, -0.2) is 62.2 Å². The number of piperidine rings is 1. The molecule has 0 bridgehead atoms. The summed E-state index contributed by atoms with van der Waals surface area (Å²) in [6, 6.07) is 13.8. The molecule has 0 atom stereocenters. The molecule has 1 fully saturated rings. The highest BCUT2D eigenvalue weighted by molar-refractivity contribution is 6.31. The predicted molar refractivity (Wildman–Crippen MR) is 165 cm³/mol. The van der Waals surface area contributed by atoms with Gasteiger partial charge in [0.05, 0.1) is 26.3 Å². The SMILES string of the molecule is CCN(c1cc(Cl)cc(C(=O)NCc2c(OC)[nH]c(C)cc2=O)c1C)C1CCN(CCc2cccc(OC)c2)CC1. The number of anilines is 1. The second-order valence-corrected chi connectivity index (χ2v) is 11.0. The Hall–Kier alpha value is -3.49. The summed E-state index contributed by atoms with van der Waals surface area (Å²) in [5.41, 5.74) is 4.52. The number of hydrogen-bond donors (Lipinski definition) is 2. The maximum atomic E-state index is 13.3. The Labute approximate surface area is 247 Å². The number of ether oxygens (including phenoxy) is 2. The molecule has 0 spiro atoms. The minimum Gasteiger partial charge on any atom is -0.497 e. The molecule has 1 aliphatic heterocycles. The van der Waals surface area contributed by atoms with Crippen molar-refractivity contribution in [3.8, 4) is 11.6 Å². The summed E-state index contributed by atoms with van der Waals surface area (Å²) in [5.74, 6) is 0.968. The minimum atomic E-state index is -0.281. The quantitative estimate of drug-likeness (QED) is 0.327. The van der Waals surface area contributed by atoms with E-state index < -0.39 is 0 Å². The van der Waals surface area contributed by atoms with Crippen LogP contribution in [-0.2, 0) is 13.0 Å². The minimum absolute atomic E-state index is 0.0463. The number of benzene rings is 2. The number of carbonyl (C=O) groups excluding carboxylic acids is 1. The standard InChI is InChI=1S/C32H41ClN4O4/c1-6-37(25-11-14-36(15-12-25)13-10-23-8-7-9-26(17-23)40-4)29-19-24(33)18-27(22(29)3)31(39)34-20-28-30(38)16-21(2)35-32(28)41-5/h7-9,16-19,25H,6,10-15,20H2,1-5H3,(H,34,39)(H,35,38). The zero-order valence-electron chi connectivity index (χ0n) is 24.7. The average molecular weight is 581 g/mol. The van der Waals surface area contributed by atoms with Crippen molar-refractivity contribution in [3.05, 3.63) is 85.7 Å². The first-order valence-electron chi connectivity index (χ1n) is 14.2. The number of carbonyl (C=O) groups is 1. The topological polar surface area (TPSA) is 86.9 Å². The average Bonchev–Trinajstić information content (AvgIpc) is 2.97. The fraction of sp³-hybridized carbons (Fsp3) is 0.438. The Bertz CT molecular complexity index is 1420. The van der Waals surface area contributed by atoms with Crippen LogP contribution in [0, 0.1) is 13.8 Å². The van der Waals surface area contributed by atoms with Gasteiger partial charge >= 0.3 is 0 Å². The highest BCUT2D eigenvalue weighted by Crippen LogP contribution is 2.32. The molecule has 0 unspecified atom stereocenters. The van der Waals surface area contributed by atoms with E-state index in [1.807, 2.05) is 25.1 Å². The molecule has 2 N–H and O–H groups in total. The number of methoxy groups -OCH3 is 2. The molecule has 1 saturated heterocycles. The van der Waals surface area contributed by atoms with Gasteiger partial charge in [-0.1, -0.05) is 23.7 Å². The maximum Gasteiger partial charge on any atom is 0.251 e. The lowest BCUT2D eigenvalue weighted by Gasteiger charge is -2.40. The monoisotopic (exact) mass is 580 g/mol. The van der Waals surface area contributed by atoms with Crippen LogP contribution in [0.4, 0.5) is 5.69 Å². The zero-order valence-corrected chi connectivity index (χ0v) is 25.4. The van der Waals surface area contributed by atoms with Crippen LogP contribution in [0.5, 0.6) is 11.6 Å². The van der Waals surface area contributed by atoms with Gasteiger partial charge in [0.15, 0.2) is 11.3 Å². The van der Waals surface area contributed by atoms with E-state index in [0.29, 0.717) is 33.8 Å². The first-order valence-corrected chi connectivity index (χ1v) is 14.6. The number of aromatic amines is 1. The summed E-state index contributed by atoms with van der Waals surface area (Å²) in [5, 5.41) is 3.40. The van der Waals surface area contributed by atoms with E-state index in [9.17, 15) is 9.59 Å². The smallest absolute Gasteiger partial charge is 0.251 e. The summed E-state index contributed by atoms with van der Waals surface area (Å²) in [7, 11) is 3.19. The van der Waals surface area contributed by atoms with Gasteiger partial charge in [-0.25, -0.2) is 0 Å². The molecule has 220 valence electrons. The lowest BCUT2D eigenvalue weighted by Crippen LogP contribution is -2.45. The van der Waals surface area contributed by atoms with Crippen molar-refractivity contribution >= 4 is 23.2 Å². The largest absolute Gasteiger partial charge is 0.497 e. The van der Waals surface area contributed by atoms with Crippen molar-refractivity contribution < 1.29 is 14.3 Å². The van der Waals surface area contributed by atoms with Crippen molar-refractivity contribution in [2.75, 3.05) is 45.3 Å². The number of amides is 1. The number of halogens is 1. The third-order valence-electron chi connectivity index (χ3n) is 7.95. The number of rotatable bonds is 11. The summed E-state index contributed by atoms with van der Waals surface area (Å²) in [6.45, 7) is 9.81. The second-order valence-electron chi connectivity index (χ2n) is 10.6. The lowest BCUT2D eigenvalue weighted by molar-refractivity contribution is 0.0950. The molecule has 2 heterocycles. The second kappa shape index (κ2) is 13.9. The van der Waals surface area contributed by atoms with Gasteiger partial charge in [-0.05, 0) is 75.4 Å². The number of nitrogens with zero attached hydrogens (tertiary/aromatic N) is 2. The number of hydrogen-bond acceptors (Lipinski definition) is 6. The molecular weight excluding hydrogens is 540 g/mol. The number of aromatic nitrogens is 1. The molecule has 0 saturated carbocycles. The van der Waals surface area contributed by atoms with E-state index in [1.54, 1.807) is 20.1 Å². The van der Waals surface area contributed by atoms with Crippen LogP contribution < -0.4 is 25.1 Å². The normalized spacial score (nSPS) is 14.1. The van der Waals surface area contributed by atoms with Crippen molar-refractivity contribution in [1.29, 1.82) is 0 Å². The maximum absolute atomic E-state index is 13.3. The van der Waals surface area contributed by atoms with Crippen molar-refractivity contribution in [2.24, 2.45) is 0 Å². The first-order chi connectivity index (χ1) is 19.7. The molecule has 1 amide bonds. The number of H-pyrrole nitrogens is 1. The Morgan fingerprint density at radius 3 is 2.56 bits per heavy atom. The van der Waals surface area contributed by atoms with E-state index in [1.165, 1.54) is 18.7 Å². The molecule has 1 aliphatic rings. The molecule has 2 aromatic carbocycles. The Kier molecular flexibility index (Phi) is 10.3. The summed E-state index contributed by atoms with van der Waals surface area (Å²) in [4.78, 5) is 33.8. The van der Waals surface area contributed by atoms with Gasteiger partial charge in [0.25, 0.3) is 5.91 Å². The molecule has 0 radical (unpaired) electrons. The van der Waals surface area contributed by atoms with Crippen LogP contribution in [0.3, 0.4) is 0 Å². The molecule has 8 nitrogen and oxygen atoms in total. The summed E-state index contributed by atoms with van der Waals surface area (Å²) in [6.07, 6.45) is 3.07. The van der Waals surface area contributed by atoms with E-state index in [-0.39, 0.29) is 17.9 Å². The predicted octanol–water partition coefficient (Wildman–Crippen LogP) is 5.13. The van der Waals surface area contributed by atoms with Crippen LogP contribution in [0.2, 0.25) is 5.02 Å². The van der Waals surface area contributed by atoms with Crippen molar-refractivity contribution in [1.82, 2.24) is 15.2 Å². The van der Waals surface area contributed by atoms with Crippen molar-refractivity contribution in [3.63, 3.8) is 0 Å². The fourth-order valence-corrected chi connectivity index (χ4v) is 5.90. The third kappa shape index (κ3) is 7.43. The zero-order chi connectivity index (χ0) is 29.5. The Balaban J connectivity index is 1.42. The molecular formula is C32H41ClN4O4. The molecule has 41 heavy (non-hydrogen) atoms. The molecule has 1 aromatic heterocycles. The van der Waals surface area contributed by atoms with Crippen LogP contribution in [0.15, 0.2) is 47.3 Å². The van der Waals surface area contributed by atoms with Crippen LogP contribution >= 0.6 is 11.6 Å². The fourth-order valence-electron chi connectivity index (χ4n) is 5.69. The number of aryl methyl sites for hydroxylation is 1. The summed E-state index contributed by atoms with van der Waals surface area (Å²) < 4.78 is 10.7. The van der Waals surface area contributed by atoms with E-state index in [0.717, 1.165) is 62.4 Å². The van der Waals surface area contributed by atoms with E-state index in [2.05, 4.69) is 39.2 Å². The van der Waals surface area contributed by atoms with Gasteiger partial charge in [0, 0.05) is 60.3 Å². The van der Waals surface area contributed by atoms with Crippen LogP contribution in [0.25, 0.3) is 0 Å². The molecule has 3 aromatic rings. The molecule has 4 rings (SSSR count). The van der Waals surface area contributed by atoms with Gasteiger partial charge in [0.1, 0.15) is 5.75 Å². The molecule has 0 aliphatic carbocycles. The van der Waals surface area contributed by atoms with Crippen LogP contribution in [0.1, 0.15) is 52.5 Å². The Morgan fingerprint density at radius 2 is 1.88 bits per heavy atom. The number of nitrogens with one attached hydrogen (secondary N) is 2. The van der Waals surface area contributed by atoms with Gasteiger partial charge in [-0.15, -0.1) is 0 Å². The molecule has 9 heteroatoms. The first kappa shape index (κ1) is 30.5. The number of pyridine rings is 1. The van der Waals surface area contributed by atoms with Gasteiger partial charge in [-0.3, -0.25) is 9.59 Å². The Morgan fingerprint density at radius 1 is 1.12 bits per heavy atom.